The van der Waals surface area contributed by atoms with E-state index in [0.29, 0.717) is 30.5 Å². The van der Waals surface area contributed by atoms with Crippen LogP contribution in [0.4, 0.5) is 30.7 Å². The van der Waals surface area contributed by atoms with Crippen molar-refractivity contribution >= 4 is 5.91 Å². The Labute approximate surface area is 207 Å². The number of carbonyl (C=O) groups excluding carboxylic acids is 1. The Morgan fingerprint density at radius 3 is 2.14 bits per heavy atom. The molecule has 0 unspecified atom stereocenters. The van der Waals surface area contributed by atoms with Crippen LogP contribution in [0.3, 0.4) is 0 Å². The fourth-order valence-electron chi connectivity index (χ4n) is 5.22. The normalized spacial score (nSPS) is 28.2. The first-order valence-corrected chi connectivity index (χ1v) is 11.4. The van der Waals surface area contributed by atoms with Crippen LogP contribution in [0.25, 0.3) is 0 Å². The van der Waals surface area contributed by atoms with E-state index in [2.05, 4.69) is 11.2 Å². The van der Waals surface area contributed by atoms with Gasteiger partial charge in [0.15, 0.2) is 0 Å². The van der Waals surface area contributed by atoms with E-state index in [1.54, 1.807) is 0 Å². The molecule has 0 spiro atoms. The Bertz CT molecular complexity index is 1170. The summed E-state index contributed by atoms with van der Waals surface area (Å²) in [5.74, 6) is 0.00228. The first-order valence-electron chi connectivity index (χ1n) is 11.4. The van der Waals surface area contributed by atoms with Crippen LogP contribution in [0, 0.1) is 24.1 Å². The van der Waals surface area contributed by atoms with Gasteiger partial charge in [-0.1, -0.05) is 18.1 Å². The van der Waals surface area contributed by atoms with Crippen LogP contribution in [0.2, 0.25) is 0 Å². The second-order valence-electron chi connectivity index (χ2n) is 9.37. The van der Waals surface area contributed by atoms with Crippen molar-refractivity contribution in [1.82, 2.24) is 5.32 Å². The van der Waals surface area contributed by atoms with Crippen molar-refractivity contribution in [1.29, 1.82) is 0 Å². The van der Waals surface area contributed by atoms with Crippen molar-refractivity contribution in [2.45, 2.75) is 61.9 Å². The molecule has 0 bridgehead atoms. The zero-order chi connectivity index (χ0) is 27.2. The van der Waals surface area contributed by atoms with Crippen molar-refractivity contribution in [3.05, 3.63) is 70.5 Å². The number of aliphatic hydroxyl groups is 1. The Morgan fingerprint density at radius 2 is 1.62 bits per heavy atom. The highest BCUT2D eigenvalue weighted by molar-refractivity contribution is 5.91. The van der Waals surface area contributed by atoms with E-state index >= 15 is 0 Å². The Morgan fingerprint density at radius 1 is 1.03 bits per heavy atom. The van der Waals surface area contributed by atoms with Crippen molar-refractivity contribution in [2.75, 3.05) is 0 Å². The minimum Gasteiger partial charge on any atom is -0.373 e. The van der Waals surface area contributed by atoms with Gasteiger partial charge in [-0.2, -0.15) is 26.3 Å². The average molecular weight is 529 g/mol. The zero-order valence-electron chi connectivity index (χ0n) is 19.2. The van der Waals surface area contributed by atoms with Crippen LogP contribution < -0.4 is 5.32 Å². The number of terminal acetylenes is 1. The molecule has 1 saturated heterocycles. The number of carbonyl (C=O) groups is 1. The molecule has 4 rings (SSSR count). The zero-order valence-corrected chi connectivity index (χ0v) is 19.2. The van der Waals surface area contributed by atoms with Crippen LogP contribution in [0.15, 0.2) is 42.5 Å². The standard InChI is InChI=1S/C26H22F7NO3/c1-2-24(36)12-20(34-23(24)35)19-7-8-21(22(19)15-3-5-18(27)6-4-15)37-13-14-9-16(25(28,29)30)11-17(10-14)26(31,32)33/h1,3-6,9-11,19-22,36H,7-8,12-13H2,(H,34,35)/t19-,20+,21-,22-,24+/m0/s1. The third kappa shape index (κ3) is 5.60. The van der Waals surface area contributed by atoms with E-state index in [0.717, 1.165) is 0 Å². The lowest BCUT2D eigenvalue weighted by Crippen LogP contribution is -2.38. The van der Waals surface area contributed by atoms with Gasteiger partial charge >= 0.3 is 12.4 Å². The molecule has 2 aromatic carbocycles. The molecule has 2 aliphatic rings. The lowest BCUT2D eigenvalue weighted by atomic mass is 9.81. The van der Waals surface area contributed by atoms with Crippen molar-refractivity contribution < 1.29 is 45.4 Å². The second-order valence-corrected chi connectivity index (χ2v) is 9.37. The summed E-state index contributed by atoms with van der Waals surface area (Å²) in [7, 11) is 0. The Balaban J connectivity index is 1.61. The third-order valence-corrected chi connectivity index (χ3v) is 6.98. The van der Waals surface area contributed by atoms with E-state index in [9.17, 15) is 40.6 Å². The molecule has 4 nitrogen and oxygen atoms in total. The van der Waals surface area contributed by atoms with Gasteiger partial charge in [-0.05, 0) is 60.2 Å². The van der Waals surface area contributed by atoms with Gasteiger partial charge in [-0.3, -0.25) is 4.79 Å². The molecule has 11 heteroatoms. The quantitative estimate of drug-likeness (QED) is 0.414. The average Bonchev–Trinajstić information content (AvgIpc) is 3.38. The summed E-state index contributed by atoms with van der Waals surface area (Å²) < 4.78 is 98.8. The van der Waals surface area contributed by atoms with Crippen molar-refractivity contribution in [2.24, 2.45) is 5.92 Å². The smallest absolute Gasteiger partial charge is 0.373 e. The molecule has 0 radical (unpaired) electrons. The van der Waals surface area contributed by atoms with Crippen LogP contribution in [0.5, 0.6) is 0 Å². The predicted molar refractivity (Wildman–Crippen MR) is 117 cm³/mol. The van der Waals surface area contributed by atoms with Gasteiger partial charge in [0.1, 0.15) is 5.82 Å². The van der Waals surface area contributed by atoms with Crippen LogP contribution in [-0.4, -0.2) is 28.8 Å². The minimum absolute atomic E-state index is 0.0474. The molecule has 2 N–H and O–H groups in total. The lowest BCUT2D eigenvalue weighted by molar-refractivity contribution is -0.143. The van der Waals surface area contributed by atoms with Gasteiger partial charge in [-0.15, -0.1) is 6.42 Å². The van der Waals surface area contributed by atoms with Crippen LogP contribution >= 0.6 is 0 Å². The van der Waals surface area contributed by atoms with Crippen molar-refractivity contribution in [3.8, 4) is 12.3 Å². The molecule has 2 aromatic rings. The molecule has 2 fully saturated rings. The van der Waals surface area contributed by atoms with E-state index in [4.69, 9.17) is 11.2 Å². The summed E-state index contributed by atoms with van der Waals surface area (Å²) in [6.45, 7) is -0.534. The molecule has 1 aliphatic carbocycles. The summed E-state index contributed by atoms with van der Waals surface area (Å²) >= 11 is 0. The number of ether oxygens (including phenoxy) is 1. The third-order valence-electron chi connectivity index (χ3n) is 6.98. The number of benzene rings is 2. The number of amides is 1. The van der Waals surface area contributed by atoms with E-state index in [1.165, 1.54) is 24.3 Å². The van der Waals surface area contributed by atoms with Crippen LogP contribution in [-0.2, 0) is 28.5 Å². The van der Waals surface area contributed by atoms with E-state index < -0.39 is 65.5 Å². The number of hydrogen-bond donors (Lipinski definition) is 2. The minimum atomic E-state index is -4.99. The highest BCUT2D eigenvalue weighted by Gasteiger charge is 2.51. The first kappa shape index (κ1) is 26.9. The fourth-order valence-corrected chi connectivity index (χ4v) is 5.22. The molecule has 5 atom stereocenters. The van der Waals surface area contributed by atoms with E-state index in [1.807, 2.05) is 0 Å². The highest BCUT2D eigenvalue weighted by atomic mass is 19.4. The highest BCUT2D eigenvalue weighted by Crippen LogP contribution is 2.46. The maximum atomic E-state index is 13.6. The molecule has 1 heterocycles. The van der Waals surface area contributed by atoms with Gasteiger partial charge in [0, 0.05) is 18.4 Å². The number of rotatable bonds is 5. The largest absolute Gasteiger partial charge is 0.416 e. The summed E-state index contributed by atoms with van der Waals surface area (Å²) in [6, 6.07) is 6.14. The summed E-state index contributed by atoms with van der Waals surface area (Å²) in [4.78, 5) is 12.2. The summed E-state index contributed by atoms with van der Waals surface area (Å²) in [6.07, 6.45) is -4.59. The molecule has 198 valence electrons. The fraction of sp³-hybridized carbons (Fsp3) is 0.423. The molecule has 1 amide bonds. The van der Waals surface area contributed by atoms with Gasteiger partial charge in [0.05, 0.1) is 23.8 Å². The van der Waals surface area contributed by atoms with Gasteiger partial charge in [0.2, 0.25) is 5.60 Å². The molecular formula is C26H22F7NO3. The SMILES string of the molecule is C#C[C@@]1(O)C[C@H]([C@@H]2CC[C@H](OCc3cc(C(F)(F)F)cc(C(F)(F)F)c3)[C@H]2c2ccc(F)cc2)NC1=O. The summed E-state index contributed by atoms with van der Waals surface area (Å²) in [5, 5.41) is 13.1. The maximum absolute atomic E-state index is 13.6. The molecular weight excluding hydrogens is 507 g/mol. The number of nitrogens with one attached hydrogen (secondary N) is 1. The first-order chi connectivity index (χ1) is 17.2. The van der Waals surface area contributed by atoms with Crippen LogP contribution in [0.1, 0.15) is 47.4 Å². The molecule has 0 aromatic heterocycles. The molecule has 1 aliphatic heterocycles. The Kier molecular flexibility index (Phi) is 7.03. The molecule has 37 heavy (non-hydrogen) atoms. The van der Waals surface area contributed by atoms with Gasteiger partial charge < -0.3 is 15.2 Å². The van der Waals surface area contributed by atoms with Gasteiger partial charge in [0.25, 0.3) is 5.91 Å². The number of hydrogen-bond acceptors (Lipinski definition) is 3. The lowest BCUT2D eigenvalue weighted by Gasteiger charge is -2.29. The monoisotopic (exact) mass is 529 g/mol. The number of alkyl halides is 6. The van der Waals surface area contributed by atoms with Gasteiger partial charge in [-0.25, -0.2) is 4.39 Å². The predicted octanol–water partition coefficient (Wildman–Crippen LogP) is 5.20. The topological polar surface area (TPSA) is 58.6 Å². The second kappa shape index (κ2) is 9.65. The summed E-state index contributed by atoms with van der Waals surface area (Å²) in [5.41, 5.74) is -4.58. The van der Waals surface area contributed by atoms with Crippen molar-refractivity contribution in [3.63, 3.8) is 0 Å². The number of halogens is 7. The maximum Gasteiger partial charge on any atom is 0.416 e. The molecule has 1 saturated carbocycles. The van der Waals surface area contributed by atoms with E-state index in [-0.39, 0.29) is 24.0 Å². The Hall–Kier alpha value is -3.10.